The molecule has 0 N–H and O–H groups in total. The first-order chi connectivity index (χ1) is 7.15. The second-order valence-electron chi connectivity index (χ2n) is 4.03. The number of carbonyl (C=O) groups excluding carboxylic acids is 2. The molecule has 3 atom stereocenters. The van der Waals surface area contributed by atoms with E-state index in [0.29, 0.717) is 0 Å². The fraction of sp³-hybridized carbons (Fsp3) is 0.700. The smallest absolute Gasteiger partial charge is 0.233 e. The van der Waals surface area contributed by atoms with E-state index in [1.807, 2.05) is 6.07 Å². The van der Waals surface area contributed by atoms with Crippen LogP contribution < -0.4 is 0 Å². The lowest BCUT2D eigenvalue weighted by Crippen LogP contribution is -2.36. The molecule has 1 heterocycles. The normalized spacial score (nSPS) is 31.6. The van der Waals surface area contributed by atoms with Crippen LogP contribution in [0.15, 0.2) is 0 Å². The van der Waals surface area contributed by atoms with Crippen molar-refractivity contribution in [2.45, 2.75) is 24.6 Å². The molecule has 1 saturated heterocycles. The largest absolute Gasteiger partial charge is 0.280 e. The van der Waals surface area contributed by atoms with E-state index in [0.717, 1.165) is 24.2 Å². The maximum atomic E-state index is 11.8. The van der Waals surface area contributed by atoms with Gasteiger partial charge in [0.2, 0.25) is 11.8 Å². The number of imide groups is 1. The maximum Gasteiger partial charge on any atom is 0.233 e. The molecule has 5 heteroatoms. The molecule has 3 unspecified atom stereocenters. The minimum Gasteiger partial charge on any atom is -0.280 e. The van der Waals surface area contributed by atoms with Crippen molar-refractivity contribution in [3.8, 4) is 6.07 Å². The summed E-state index contributed by atoms with van der Waals surface area (Å²) in [6.07, 6.45) is 2.54. The van der Waals surface area contributed by atoms with E-state index in [4.69, 9.17) is 16.9 Å². The summed E-state index contributed by atoms with van der Waals surface area (Å²) in [6, 6.07) is 1.82. The lowest BCUT2D eigenvalue weighted by atomic mass is 10.00. The first kappa shape index (κ1) is 10.4. The molecule has 2 amide bonds. The number of carbonyl (C=O) groups is 2. The van der Waals surface area contributed by atoms with Gasteiger partial charge in [-0.2, -0.15) is 5.26 Å². The highest BCUT2D eigenvalue weighted by molar-refractivity contribution is 6.23. The lowest BCUT2D eigenvalue weighted by molar-refractivity contribution is -0.140. The van der Waals surface area contributed by atoms with Crippen molar-refractivity contribution in [2.75, 3.05) is 6.54 Å². The van der Waals surface area contributed by atoms with Gasteiger partial charge in [-0.25, -0.2) is 0 Å². The SMILES string of the molecule is N#CC(Cl)CN1C(=O)C2CCCC2C1=O. The molecular weight excluding hydrogens is 216 g/mol. The molecule has 1 aliphatic carbocycles. The van der Waals surface area contributed by atoms with Crippen molar-refractivity contribution >= 4 is 23.4 Å². The molecule has 0 aromatic heterocycles. The molecule has 2 fully saturated rings. The molecular formula is C10H11ClN2O2. The summed E-state index contributed by atoms with van der Waals surface area (Å²) in [6.45, 7) is 0.0305. The summed E-state index contributed by atoms with van der Waals surface area (Å²) < 4.78 is 0. The molecule has 1 saturated carbocycles. The third-order valence-corrected chi connectivity index (χ3v) is 3.40. The molecule has 0 aromatic rings. The fourth-order valence-electron chi connectivity index (χ4n) is 2.44. The van der Waals surface area contributed by atoms with Crippen LogP contribution in [0.3, 0.4) is 0 Å². The minimum atomic E-state index is -0.795. The Hall–Kier alpha value is -1.08. The molecule has 0 aromatic carbocycles. The Kier molecular flexibility index (Phi) is 2.66. The van der Waals surface area contributed by atoms with E-state index in [2.05, 4.69) is 0 Å². The van der Waals surface area contributed by atoms with Gasteiger partial charge in [0, 0.05) is 0 Å². The van der Waals surface area contributed by atoms with Gasteiger partial charge in [0.05, 0.1) is 24.4 Å². The van der Waals surface area contributed by atoms with Crippen molar-refractivity contribution in [3.05, 3.63) is 0 Å². The van der Waals surface area contributed by atoms with Crippen LogP contribution in [0, 0.1) is 23.2 Å². The van der Waals surface area contributed by atoms with Gasteiger partial charge in [-0.15, -0.1) is 11.6 Å². The summed E-state index contributed by atoms with van der Waals surface area (Å²) >= 11 is 5.63. The van der Waals surface area contributed by atoms with Crippen molar-refractivity contribution in [1.82, 2.24) is 4.90 Å². The Morgan fingerprint density at radius 2 is 1.93 bits per heavy atom. The van der Waals surface area contributed by atoms with Crippen LogP contribution in [0.1, 0.15) is 19.3 Å². The molecule has 80 valence electrons. The van der Waals surface area contributed by atoms with E-state index < -0.39 is 5.38 Å². The predicted octanol–water partition coefficient (Wildman–Crippen LogP) is 0.902. The number of amides is 2. The monoisotopic (exact) mass is 226 g/mol. The molecule has 2 aliphatic rings. The van der Waals surface area contributed by atoms with Crippen LogP contribution in [0.25, 0.3) is 0 Å². The minimum absolute atomic E-state index is 0.0305. The van der Waals surface area contributed by atoms with Gasteiger partial charge in [-0.05, 0) is 12.8 Å². The first-order valence-corrected chi connectivity index (χ1v) is 5.47. The van der Waals surface area contributed by atoms with E-state index in [-0.39, 0.29) is 30.2 Å². The van der Waals surface area contributed by atoms with Gasteiger partial charge in [0.1, 0.15) is 5.38 Å². The zero-order valence-corrected chi connectivity index (χ0v) is 8.91. The van der Waals surface area contributed by atoms with Crippen LogP contribution in [0.5, 0.6) is 0 Å². The molecule has 0 radical (unpaired) electrons. The number of rotatable bonds is 2. The number of alkyl halides is 1. The van der Waals surface area contributed by atoms with E-state index in [9.17, 15) is 9.59 Å². The van der Waals surface area contributed by atoms with E-state index in [1.165, 1.54) is 0 Å². The number of hydrogen-bond acceptors (Lipinski definition) is 3. The quantitative estimate of drug-likeness (QED) is 0.519. The highest BCUT2D eigenvalue weighted by Gasteiger charge is 2.49. The second kappa shape index (κ2) is 3.82. The predicted molar refractivity (Wildman–Crippen MR) is 52.8 cm³/mol. The summed E-state index contributed by atoms with van der Waals surface area (Å²) in [4.78, 5) is 24.7. The average Bonchev–Trinajstić information content (AvgIpc) is 2.78. The lowest BCUT2D eigenvalue weighted by Gasteiger charge is -2.15. The van der Waals surface area contributed by atoms with Crippen LogP contribution in [-0.4, -0.2) is 28.6 Å². The van der Waals surface area contributed by atoms with Gasteiger partial charge in [0.25, 0.3) is 0 Å². The summed E-state index contributed by atoms with van der Waals surface area (Å²) in [7, 11) is 0. The third kappa shape index (κ3) is 1.61. The summed E-state index contributed by atoms with van der Waals surface area (Å²) in [5.74, 6) is -0.549. The molecule has 15 heavy (non-hydrogen) atoms. The third-order valence-electron chi connectivity index (χ3n) is 3.17. The van der Waals surface area contributed by atoms with Crippen molar-refractivity contribution in [2.24, 2.45) is 11.8 Å². The standard InChI is InChI=1S/C10H11ClN2O2/c11-6(4-12)5-13-9(14)7-2-1-3-8(7)10(13)15/h6-8H,1-3,5H2. The van der Waals surface area contributed by atoms with Gasteiger partial charge < -0.3 is 0 Å². The Bertz CT molecular complexity index is 328. The Morgan fingerprint density at radius 1 is 1.40 bits per heavy atom. The highest BCUT2D eigenvalue weighted by Crippen LogP contribution is 2.39. The van der Waals surface area contributed by atoms with Crippen LogP contribution in [0.2, 0.25) is 0 Å². The van der Waals surface area contributed by atoms with Crippen LogP contribution in [0.4, 0.5) is 0 Å². The Balaban J connectivity index is 2.12. The number of nitriles is 1. The molecule has 0 bridgehead atoms. The molecule has 2 rings (SSSR count). The molecule has 1 aliphatic heterocycles. The number of hydrogen-bond donors (Lipinski definition) is 0. The number of likely N-dealkylation sites (tertiary alicyclic amines) is 1. The Labute approximate surface area is 92.8 Å². The Morgan fingerprint density at radius 3 is 2.40 bits per heavy atom. The van der Waals surface area contributed by atoms with Gasteiger partial charge in [-0.1, -0.05) is 6.42 Å². The van der Waals surface area contributed by atoms with Gasteiger partial charge in [0.15, 0.2) is 0 Å². The zero-order valence-electron chi connectivity index (χ0n) is 8.15. The number of halogens is 1. The first-order valence-electron chi connectivity index (χ1n) is 5.04. The number of fused-ring (bicyclic) bond motifs is 1. The average molecular weight is 227 g/mol. The van der Waals surface area contributed by atoms with E-state index >= 15 is 0 Å². The fourth-order valence-corrected chi connectivity index (χ4v) is 2.58. The summed E-state index contributed by atoms with van der Waals surface area (Å²) in [5.41, 5.74) is 0. The highest BCUT2D eigenvalue weighted by atomic mass is 35.5. The van der Waals surface area contributed by atoms with E-state index in [1.54, 1.807) is 0 Å². The topological polar surface area (TPSA) is 61.2 Å². The zero-order chi connectivity index (χ0) is 11.0. The van der Waals surface area contributed by atoms with Crippen LogP contribution in [-0.2, 0) is 9.59 Å². The van der Waals surface area contributed by atoms with Crippen molar-refractivity contribution in [3.63, 3.8) is 0 Å². The molecule has 0 spiro atoms. The number of nitrogens with zero attached hydrogens (tertiary/aromatic N) is 2. The van der Waals surface area contributed by atoms with Crippen molar-refractivity contribution < 1.29 is 9.59 Å². The van der Waals surface area contributed by atoms with Crippen LogP contribution >= 0.6 is 11.6 Å². The molecule has 4 nitrogen and oxygen atoms in total. The van der Waals surface area contributed by atoms with Gasteiger partial charge in [-0.3, -0.25) is 14.5 Å². The van der Waals surface area contributed by atoms with Gasteiger partial charge >= 0.3 is 0 Å². The summed E-state index contributed by atoms with van der Waals surface area (Å²) in [5, 5.41) is 7.74. The maximum absolute atomic E-state index is 11.8. The second-order valence-corrected chi connectivity index (χ2v) is 4.55. The van der Waals surface area contributed by atoms with Crippen molar-refractivity contribution in [1.29, 1.82) is 5.26 Å².